The Balaban J connectivity index is 1.39. The third-order valence-corrected chi connectivity index (χ3v) is 6.47. The summed E-state index contributed by atoms with van der Waals surface area (Å²) in [5.41, 5.74) is 2.17. The maximum absolute atomic E-state index is 14.4. The summed E-state index contributed by atoms with van der Waals surface area (Å²) in [6.45, 7) is 0.859. The van der Waals surface area contributed by atoms with Gasteiger partial charge in [0, 0.05) is 18.8 Å². The maximum Gasteiger partial charge on any atom is 0.255 e. The van der Waals surface area contributed by atoms with E-state index in [1.165, 1.54) is 12.1 Å². The van der Waals surface area contributed by atoms with Gasteiger partial charge in [-0.1, -0.05) is 18.2 Å². The first-order chi connectivity index (χ1) is 16.9. The third kappa shape index (κ3) is 4.46. The van der Waals surface area contributed by atoms with Crippen molar-refractivity contribution >= 4 is 23.3 Å². The Kier molecular flexibility index (Phi) is 6.17. The van der Waals surface area contributed by atoms with Crippen LogP contribution in [-0.2, 0) is 17.8 Å². The molecule has 2 aliphatic heterocycles. The number of nitrogens with zero attached hydrogens (tertiary/aromatic N) is 2. The van der Waals surface area contributed by atoms with Gasteiger partial charge in [-0.05, 0) is 54.3 Å². The van der Waals surface area contributed by atoms with Crippen molar-refractivity contribution in [3.8, 4) is 11.3 Å². The van der Waals surface area contributed by atoms with Crippen molar-refractivity contribution in [2.45, 2.75) is 31.8 Å². The molecule has 5 rings (SSSR count). The summed E-state index contributed by atoms with van der Waals surface area (Å²) in [5.74, 6) is -1.63. The molecule has 3 N–H and O–H groups in total. The molecule has 1 aromatic heterocycles. The lowest BCUT2D eigenvalue weighted by Crippen LogP contribution is -2.38. The largest absolute Gasteiger partial charge is 0.394 e. The van der Waals surface area contributed by atoms with Gasteiger partial charge in [0.15, 0.2) is 0 Å². The smallest absolute Gasteiger partial charge is 0.255 e. The summed E-state index contributed by atoms with van der Waals surface area (Å²) < 4.78 is 28.8. The van der Waals surface area contributed by atoms with Crippen LogP contribution in [0.4, 0.5) is 20.3 Å². The van der Waals surface area contributed by atoms with E-state index in [9.17, 15) is 23.5 Å². The van der Waals surface area contributed by atoms with E-state index >= 15 is 0 Å². The highest BCUT2D eigenvalue weighted by atomic mass is 19.1. The molecule has 0 aliphatic carbocycles. The molecular formula is C26H24F2N4O3. The van der Waals surface area contributed by atoms with Crippen molar-refractivity contribution in [3.05, 3.63) is 76.9 Å². The minimum Gasteiger partial charge on any atom is -0.394 e. The summed E-state index contributed by atoms with van der Waals surface area (Å²) in [6.07, 6.45) is 1.92. The summed E-state index contributed by atoms with van der Waals surface area (Å²) in [5, 5.41) is 15.3. The topological polar surface area (TPSA) is 94.6 Å². The predicted octanol–water partition coefficient (Wildman–Crippen LogP) is 3.54. The van der Waals surface area contributed by atoms with Crippen LogP contribution in [0.15, 0.2) is 48.5 Å². The molecule has 0 bridgehead atoms. The number of rotatable bonds is 6. The van der Waals surface area contributed by atoms with Gasteiger partial charge >= 0.3 is 0 Å². The van der Waals surface area contributed by atoms with E-state index in [1.807, 2.05) is 0 Å². The molecule has 7 nitrogen and oxygen atoms in total. The quantitative estimate of drug-likeness (QED) is 0.504. The lowest BCUT2D eigenvalue weighted by Gasteiger charge is -2.23. The van der Waals surface area contributed by atoms with Gasteiger partial charge in [0.05, 0.1) is 35.9 Å². The molecule has 1 saturated heterocycles. The lowest BCUT2D eigenvalue weighted by molar-refractivity contribution is -0.132. The van der Waals surface area contributed by atoms with E-state index in [1.54, 1.807) is 29.2 Å². The summed E-state index contributed by atoms with van der Waals surface area (Å²) in [4.78, 5) is 31.2. The van der Waals surface area contributed by atoms with Gasteiger partial charge in [-0.15, -0.1) is 0 Å². The van der Waals surface area contributed by atoms with Gasteiger partial charge in [-0.3, -0.25) is 9.59 Å². The number of halogens is 2. The Hall–Kier alpha value is -3.85. The van der Waals surface area contributed by atoms with Crippen LogP contribution in [0.5, 0.6) is 0 Å². The molecule has 0 saturated carbocycles. The first kappa shape index (κ1) is 22.9. The second-order valence-corrected chi connectivity index (χ2v) is 8.73. The van der Waals surface area contributed by atoms with E-state index in [4.69, 9.17) is 0 Å². The summed E-state index contributed by atoms with van der Waals surface area (Å²) >= 11 is 0. The number of hydrogen-bond donors (Lipinski definition) is 3. The monoisotopic (exact) mass is 478 g/mol. The van der Waals surface area contributed by atoms with Gasteiger partial charge < -0.3 is 20.6 Å². The zero-order valence-corrected chi connectivity index (χ0v) is 18.9. The number of anilines is 2. The molecule has 0 unspecified atom stereocenters. The highest BCUT2D eigenvalue weighted by molar-refractivity contribution is 6.03. The number of carbonyl (C=O) groups is 2. The van der Waals surface area contributed by atoms with Crippen molar-refractivity contribution in [1.82, 2.24) is 15.2 Å². The lowest BCUT2D eigenvalue weighted by atomic mass is 10.0. The Labute approximate surface area is 200 Å². The van der Waals surface area contributed by atoms with E-state index in [0.29, 0.717) is 23.4 Å². The second kappa shape index (κ2) is 9.42. The van der Waals surface area contributed by atoms with Gasteiger partial charge in [-0.2, -0.15) is 0 Å². The number of aliphatic hydroxyl groups excluding tert-OH is 1. The van der Waals surface area contributed by atoms with E-state index in [2.05, 4.69) is 15.6 Å². The molecule has 1 fully saturated rings. The number of fused-ring (bicyclic) bond motifs is 1. The van der Waals surface area contributed by atoms with Crippen LogP contribution < -0.4 is 10.6 Å². The molecule has 1 atom stereocenters. The van der Waals surface area contributed by atoms with Crippen molar-refractivity contribution < 1.29 is 23.5 Å². The number of aliphatic hydroxyl groups is 1. The molecule has 0 spiro atoms. The van der Waals surface area contributed by atoms with Crippen LogP contribution in [0.1, 0.15) is 34.3 Å². The van der Waals surface area contributed by atoms with Crippen LogP contribution in [0, 0.1) is 11.6 Å². The molecule has 9 heteroatoms. The fraction of sp³-hybridized carbons (Fsp3) is 0.269. The molecule has 2 aromatic carbocycles. The number of hydrogen-bond acceptors (Lipinski definition) is 5. The summed E-state index contributed by atoms with van der Waals surface area (Å²) in [6, 6.07) is 12.1. The van der Waals surface area contributed by atoms with Crippen molar-refractivity contribution in [1.29, 1.82) is 0 Å². The Morgan fingerprint density at radius 3 is 2.60 bits per heavy atom. The van der Waals surface area contributed by atoms with Crippen LogP contribution in [-0.4, -0.2) is 46.0 Å². The normalized spacial score (nSPS) is 16.8. The number of amides is 2. The Morgan fingerprint density at radius 2 is 1.89 bits per heavy atom. The van der Waals surface area contributed by atoms with Crippen LogP contribution in [0.25, 0.3) is 11.3 Å². The van der Waals surface area contributed by atoms with Crippen LogP contribution in [0.3, 0.4) is 0 Å². The molecule has 0 radical (unpaired) electrons. The molecule has 180 valence electrons. The van der Waals surface area contributed by atoms with Gasteiger partial charge in [0.1, 0.15) is 17.5 Å². The third-order valence-electron chi connectivity index (χ3n) is 6.47. The molecule has 3 aromatic rings. The fourth-order valence-corrected chi connectivity index (χ4v) is 4.69. The molecule has 2 aliphatic rings. The standard InChI is InChI=1S/C26H24F2N4O3/c27-19-4-1-5-20(28)24(19)21-12-16-13-29-26(35)23(16)25(31-21)30-17-8-6-15(7-9-17)11-22(34)32-10-2-3-18(32)14-33/h1,4-9,12,18,33H,2-3,10-11,13-14H2,(H,29,35)(H,30,31)/t18-/m0/s1. The molecule has 3 heterocycles. The minimum absolute atomic E-state index is 0.0296. The highest BCUT2D eigenvalue weighted by Gasteiger charge is 2.28. The number of pyridine rings is 1. The zero-order valence-electron chi connectivity index (χ0n) is 18.9. The first-order valence-electron chi connectivity index (χ1n) is 11.5. The highest BCUT2D eigenvalue weighted by Crippen LogP contribution is 2.32. The van der Waals surface area contributed by atoms with Gasteiger partial charge in [0.2, 0.25) is 5.91 Å². The number of nitrogens with one attached hydrogen (secondary N) is 2. The van der Waals surface area contributed by atoms with E-state index < -0.39 is 11.6 Å². The van der Waals surface area contributed by atoms with Crippen molar-refractivity contribution in [3.63, 3.8) is 0 Å². The second-order valence-electron chi connectivity index (χ2n) is 8.73. The molecule has 35 heavy (non-hydrogen) atoms. The summed E-state index contributed by atoms with van der Waals surface area (Å²) in [7, 11) is 0. The van der Waals surface area contributed by atoms with Crippen LogP contribution in [0.2, 0.25) is 0 Å². The average Bonchev–Trinajstić information content (AvgIpc) is 3.47. The number of aromatic nitrogens is 1. The molecule has 2 amide bonds. The molecular weight excluding hydrogens is 454 g/mol. The van der Waals surface area contributed by atoms with Gasteiger partial charge in [-0.25, -0.2) is 13.8 Å². The minimum atomic E-state index is -0.740. The SMILES string of the molecule is O=C1NCc2cc(-c3c(F)cccc3F)nc(Nc3ccc(CC(=O)N4CCC[C@H]4CO)cc3)c21. The van der Waals surface area contributed by atoms with Crippen molar-refractivity contribution in [2.24, 2.45) is 0 Å². The fourth-order valence-electron chi connectivity index (χ4n) is 4.69. The Morgan fingerprint density at radius 1 is 1.14 bits per heavy atom. The number of benzene rings is 2. The number of likely N-dealkylation sites (tertiary alicyclic amines) is 1. The van der Waals surface area contributed by atoms with E-state index in [-0.39, 0.29) is 54.5 Å². The zero-order chi connectivity index (χ0) is 24.5. The van der Waals surface area contributed by atoms with Crippen LogP contribution >= 0.6 is 0 Å². The maximum atomic E-state index is 14.4. The predicted molar refractivity (Wildman–Crippen MR) is 126 cm³/mol. The van der Waals surface area contributed by atoms with Gasteiger partial charge in [0.25, 0.3) is 5.91 Å². The van der Waals surface area contributed by atoms with Crippen molar-refractivity contribution in [2.75, 3.05) is 18.5 Å². The number of carbonyl (C=O) groups excluding carboxylic acids is 2. The van der Waals surface area contributed by atoms with E-state index in [0.717, 1.165) is 30.5 Å². The first-order valence-corrected chi connectivity index (χ1v) is 11.5. The average molecular weight is 478 g/mol. The Bertz CT molecular complexity index is 1280.